The molecule has 0 aromatic heterocycles. The van der Waals surface area contributed by atoms with Crippen LogP contribution < -0.4 is 0 Å². The predicted molar refractivity (Wildman–Crippen MR) is 413 cm³/mol. The van der Waals surface area contributed by atoms with Crippen LogP contribution in [-0.4, -0.2) is 74.9 Å². The van der Waals surface area contributed by atoms with E-state index in [4.69, 9.17) is 18.5 Å². The second kappa shape index (κ2) is 75.6. The van der Waals surface area contributed by atoms with Crippen molar-refractivity contribution in [3.8, 4) is 0 Å². The van der Waals surface area contributed by atoms with Crippen LogP contribution in [0.2, 0.25) is 0 Å². The number of likely N-dealkylation sites (N-methyl/N-ethyl adjacent to an activating group) is 1. The summed E-state index contributed by atoms with van der Waals surface area (Å²) in [4.78, 5) is 36.0. The highest BCUT2D eigenvalue weighted by atomic mass is 31.2. The first-order valence-corrected chi connectivity index (χ1v) is 42.7. The van der Waals surface area contributed by atoms with E-state index in [1.165, 1.54) is 302 Å². The topological polar surface area (TPSA) is 108 Å². The molecule has 95 heavy (non-hydrogen) atoms. The second-order valence-corrected chi connectivity index (χ2v) is 30.6. The first-order valence-electron chi connectivity index (χ1n) is 41.2. The molecule has 0 fully saturated rings. The van der Waals surface area contributed by atoms with Crippen molar-refractivity contribution in [3.63, 3.8) is 0 Å². The molecule has 10 heteroatoms. The van der Waals surface area contributed by atoms with Crippen molar-refractivity contribution < 1.29 is 42.1 Å². The Bertz CT molecular complexity index is 1830. The number of hydrogen-bond acceptors (Lipinski definition) is 7. The lowest BCUT2D eigenvalue weighted by Gasteiger charge is -2.24. The Kier molecular flexibility index (Phi) is 73.6. The first-order chi connectivity index (χ1) is 46.5. The van der Waals surface area contributed by atoms with Crippen LogP contribution in [0.25, 0.3) is 0 Å². The maximum atomic E-state index is 12.9. The van der Waals surface area contributed by atoms with Gasteiger partial charge >= 0.3 is 19.8 Å². The number of ether oxygens (including phenoxy) is 2. The maximum absolute atomic E-state index is 12.9. The van der Waals surface area contributed by atoms with Crippen LogP contribution in [0.4, 0.5) is 0 Å². The van der Waals surface area contributed by atoms with Crippen LogP contribution in [0.1, 0.15) is 406 Å². The van der Waals surface area contributed by atoms with Gasteiger partial charge in [-0.2, -0.15) is 0 Å². The zero-order chi connectivity index (χ0) is 69.0. The highest BCUT2D eigenvalue weighted by molar-refractivity contribution is 7.47. The molecule has 0 radical (unpaired) electrons. The Morgan fingerprint density at radius 3 is 0.895 bits per heavy atom. The zero-order valence-electron chi connectivity index (χ0n) is 63.7. The highest BCUT2D eigenvalue weighted by Crippen LogP contribution is 2.43. The third-order valence-corrected chi connectivity index (χ3v) is 19.5. The van der Waals surface area contributed by atoms with Crippen LogP contribution in [0.3, 0.4) is 0 Å². The minimum Gasteiger partial charge on any atom is -0.462 e. The largest absolute Gasteiger partial charge is 0.472 e. The Morgan fingerprint density at radius 2 is 0.600 bits per heavy atom. The van der Waals surface area contributed by atoms with Gasteiger partial charge in [0.05, 0.1) is 27.7 Å². The molecule has 0 aromatic rings. The smallest absolute Gasteiger partial charge is 0.462 e. The van der Waals surface area contributed by atoms with Crippen LogP contribution in [0, 0.1) is 0 Å². The van der Waals surface area contributed by atoms with Gasteiger partial charge < -0.3 is 18.9 Å². The van der Waals surface area contributed by atoms with E-state index in [2.05, 4.69) is 86.8 Å². The Labute approximate surface area is 590 Å². The Hall–Kier alpha value is -2.55. The lowest BCUT2D eigenvalue weighted by Crippen LogP contribution is -2.37. The molecule has 0 bridgehead atoms. The van der Waals surface area contributed by atoms with Gasteiger partial charge in [0.1, 0.15) is 19.8 Å². The van der Waals surface area contributed by atoms with E-state index in [0.29, 0.717) is 23.9 Å². The van der Waals surface area contributed by atoms with E-state index in [-0.39, 0.29) is 25.6 Å². The van der Waals surface area contributed by atoms with Crippen molar-refractivity contribution in [2.24, 2.45) is 0 Å². The summed E-state index contributed by atoms with van der Waals surface area (Å²) >= 11 is 0. The third kappa shape index (κ3) is 80.3. The van der Waals surface area contributed by atoms with E-state index in [9.17, 15) is 19.0 Å². The Balaban J connectivity index is 3.91. The third-order valence-electron chi connectivity index (χ3n) is 18.5. The molecule has 0 saturated heterocycles. The van der Waals surface area contributed by atoms with Crippen molar-refractivity contribution in [1.82, 2.24) is 0 Å². The fourth-order valence-electron chi connectivity index (χ4n) is 12.3. The minimum atomic E-state index is -4.40. The summed E-state index contributed by atoms with van der Waals surface area (Å²) in [7, 11) is 1.49. The molecule has 2 atom stereocenters. The van der Waals surface area contributed by atoms with Gasteiger partial charge in [0, 0.05) is 12.8 Å². The van der Waals surface area contributed by atoms with Gasteiger partial charge in [-0.15, -0.1) is 0 Å². The summed E-state index contributed by atoms with van der Waals surface area (Å²) in [6.45, 7) is 4.39. The van der Waals surface area contributed by atoms with Crippen molar-refractivity contribution in [1.29, 1.82) is 0 Å². The zero-order valence-corrected chi connectivity index (χ0v) is 64.6. The van der Waals surface area contributed by atoms with Crippen molar-refractivity contribution >= 4 is 19.8 Å². The van der Waals surface area contributed by atoms with Crippen molar-refractivity contribution in [2.75, 3.05) is 47.5 Å². The number of phosphoric acid groups is 1. The van der Waals surface area contributed by atoms with Gasteiger partial charge in [0.15, 0.2) is 6.10 Å². The lowest BCUT2D eigenvalue weighted by atomic mass is 10.0. The van der Waals surface area contributed by atoms with E-state index in [1.807, 2.05) is 21.1 Å². The number of esters is 2. The summed E-state index contributed by atoms with van der Waals surface area (Å²) in [6.07, 6.45) is 104. The van der Waals surface area contributed by atoms with E-state index in [1.54, 1.807) is 0 Å². The SMILES string of the molecule is CC/C=C\C/C=C\C/C=C\C/C=C\C/C=C\C/C=C\CCCCCCCCCCCCCCCCCCC(=O)OC(COC(=O)CCCCCCCCCCCCCCCCCCCCCCCCCCCCCCCCCCCCCC)COP(=O)(O)OCC[N+](C)(C)C. The molecule has 1 N–H and O–H groups in total. The number of hydrogen-bond donors (Lipinski definition) is 1. The number of unbranched alkanes of at least 4 members (excludes halogenated alkanes) is 51. The van der Waals surface area contributed by atoms with Gasteiger partial charge in [-0.3, -0.25) is 18.6 Å². The number of rotatable bonds is 77. The van der Waals surface area contributed by atoms with Gasteiger partial charge in [0.25, 0.3) is 0 Å². The van der Waals surface area contributed by atoms with E-state index < -0.39 is 26.5 Å². The summed E-state index contributed by atoms with van der Waals surface area (Å²) in [5.41, 5.74) is 0. The van der Waals surface area contributed by atoms with Gasteiger partial charge in [0.2, 0.25) is 0 Å². The van der Waals surface area contributed by atoms with E-state index >= 15 is 0 Å². The standard InChI is InChI=1S/C85H158NO8P/c1-6-8-10-12-14-16-18-20-22-24-26-28-30-32-34-36-38-40-42-44-45-47-49-51-53-55-57-59-61-63-65-67-69-71-73-75-77-84(87)91-81-83(82-93-95(89,90)92-80-79-86(3,4)5)94-85(88)78-76-74-72-70-68-66-64-62-60-58-56-54-52-50-48-46-43-41-39-37-35-33-31-29-27-25-23-21-19-17-15-13-11-9-7-2/h9,11,15,17,21,23,27,29,33,35,39,41,83H,6-8,10,12-14,16,18-20,22,24-26,28,30-32,34,36-38,40,42-82H2,1-5H3/p+1/b11-9-,17-15-,23-21-,29-27-,35-33-,41-39-. The Morgan fingerprint density at radius 1 is 0.337 bits per heavy atom. The fourth-order valence-corrected chi connectivity index (χ4v) is 13.0. The molecular formula is C85H159NO8P+. The van der Waals surface area contributed by atoms with Gasteiger partial charge in [-0.05, 0) is 64.2 Å². The minimum absolute atomic E-state index is 0.0327. The first kappa shape index (κ1) is 92.4. The number of carbonyl (C=O) groups excluding carboxylic acids is 2. The number of quaternary nitrogens is 1. The quantitative estimate of drug-likeness (QED) is 0.0211. The summed E-state index contributed by atoms with van der Waals surface area (Å²) in [6, 6.07) is 0. The molecule has 0 aliphatic heterocycles. The fraction of sp³-hybridized carbons (Fsp3) is 0.835. The number of carbonyl (C=O) groups is 2. The van der Waals surface area contributed by atoms with Crippen LogP contribution in [0.5, 0.6) is 0 Å². The number of allylic oxidation sites excluding steroid dienone is 12. The van der Waals surface area contributed by atoms with Crippen LogP contribution in [-0.2, 0) is 32.7 Å². The van der Waals surface area contributed by atoms with Crippen molar-refractivity contribution in [3.05, 3.63) is 72.9 Å². The average molecular weight is 1350 g/mol. The van der Waals surface area contributed by atoms with Gasteiger partial charge in [-0.25, -0.2) is 4.57 Å². The molecule has 0 aliphatic carbocycles. The molecular weight excluding hydrogens is 1190 g/mol. The van der Waals surface area contributed by atoms with Crippen LogP contribution in [0.15, 0.2) is 72.9 Å². The monoisotopic (exact) mass is 1350 g/mol. The molecule has 0 aliphatic rings. The molecule has 556 valence electrons. The molecule has 0 amide bonds. The molecule has 0 heterocycles. The molecule has 0 rings (SSSR count). The lowest BCUT2D eigenvalue weighted by molar-refractivity contribution is -0.870. The molecule has 0 spiro atoms. The highest BCUT2D eigenvalue weighted by Gasteiger charge is 2.27. The predicted octanol–water partition coefficient (Wildman–Crippen LogP) is 27.5. The summed E-state index contributed by atoms with van der Waals surface area (Å²) in [5.74, 6) is -0.777. The average Bonchev–Trinajstić information content (AvgIpc) is 2.16. The summed E-state index contributed by atoms with van der Waals surface area (Å²) < 4.78 is 34.9. The second-order valence-electron chi connectivity index (χ2n) is 29.1. The molecule has 0 aromatic carbocycles. The van der Waals surface area contributed by atoms with E-state index in [0.717, 1.165) is 70.6 Å². The van der Waals surface area contributed by atoms with Crippen LogP contribution >= 0.6 is 7.82 Å². The number of phosphoric ester groups is 1. The normalized spacial score (nSPS) is 13.4. The molecule has 9 nitrogen and oxygen atoms in total. The maximum Gasteiger partial charge on any atom is 0.472 e. The van der Waals surface area contributed by atoms with Gasteiger partial charge in [-0.1, -0.05) is 401 Å². The molecule has 2 unspecified atom stereocenters. The summed E-state index contributed by atoms with van der Waals surface area (Å²) in [5, 5.41) is 0. The van der Waals surface area contributed by atoms with Crippen molar-refractivity contribution in [2.45, 2.75) is 412 Å². The number of nitrogens with zero attached hydrogens (tertiary/aromatic N) is 1. The molecule has 0 saturated carbocycles.